The molecule has 44 heavy (non-hydrogen) atoms. The van der Waals surface area contributed by atoms with E-state index in [1.165, 1.54) is 6.07 Å². The lowest BCUT2D eigenvalue weighted by Gasteiger charge is -2.38. The van der Waals surface area contributed by atoms with Gasteiger partial charge in [-0.05, 0) is 59.4 Å². The van der Waals surface area contributed by atoms with Gasteiger partial charge >= 0.3 is 6.18 Å². The lowest BCUT2D eigenvalue weighted by atomic mass is 10.0. The monoisotopic (exact) mass is 632 g/mol. The van der Waals surface area contributed by atoms with E-state index in [0.29, 0.717) is 30.8 Å². The summed E-state index contributed by atoms with van der Waals surface area (Å²) in [6, 6.07) is 11.5. The number of halogens is 3. The highest BCUT2D eigenvalue weighted by atomic mass is 28.4. The molecule has 2 N–H and O–H groups in total. The summed E-state index contributed by atoms with van der Waals surface area (Å²) in [5.74, 6) is -1.08. The highest BCUT2D eigenvalue weighted by Gasteiger charge is 2.41. The summed E-state index contributed by atoms with van der Waals surface area (Å²) >= 11 is 0. The number of carbonyl (C=O) groups excluding carboxylic acids is 3. The number of likely N-dealkylation sites (N-methyl/N-ethyl adjacent to an activating group) is 1. The van der Waals surface area contributed by atoms with E-state index in [1.807, 2.05) is 23.5 Å². The first-order valence-electron chi connectivity index (χ1n) is 14.9. The van der Waals surface area contributed by atoms with Crippen LogP contribution in [-0.4, -0.2) is 81.3 Å². The third-order valence-electron chi connectivity index (χ3n) is 8.93. The predicted octanol–water partition coefficient (Wildman–Crippen LogP) is 5.31. The minimum Gasteiger partial charge on any atom is -0.413 e. The first-order valence-corrected chi connectivity index (χ1v) is 17.8. The summed E-state index contributed by atoms with van der Waals surface area (Å²) in [6.45, 7) is 11.6. The number of anilines is 1. The maximum absolute atomic E-state index is 13.7. The van der Waals surface area contributed by atoms with E-state index in [2.05, 4.69) is 44.1 Å². The normalized spacial score (nSPS) is 18.1. The van der Waals surface area contributed by atoms with Gasteiger partial charge in [-0.1, -0.05) is 45.0 Å². The van der Waals surface area contributed by atoms with Crippen molar-refractivity contribution in [1.29, 1.82) is 0 Å². The molecule has 0 radical (unpaired) electrons. The van der Waals surface area contributed by atoms with Gasteiger partial charge in [-0.3, -0.25) is 19.3 Å². The minimum atomic E-state index is -4.53. The zero-order chi connectivity index (χ0) is 32.4. The van der Waals surface area contributed by atoms with Crippen molar-refractivity contribution in [3.8, 4) is 0 Å². The average Bonchev–Trinajstić information content (AvgIpc) is 3.53. The zero-order valence-electron chi connectivity index (χ0n) is 26.3. The smallest absolute Gasteiger partial charge is 0.405 e. The first-order chi connectivity index (χ1) is 20.4. The predicted molar refractivity (Wildman–Crippen MR) is 166 cm³/mol. The first kappa shape index (κ1) is 33.7. The Labute approximate surface area is 258 Å². The minimum absolute atomic E-state index is 0.0682. The third-order valence-corrected chi connectivity index (χ3v) is 13.5. The van der Waals surface area contributed by atoms with Gasteiger partial charge in [0.05, 0.1) is 25.0 Å². The molecule has 12 heteroatoms. The molecule has 8 nitrogen and oxygen atoms in total. The molecule has 4 rings (SSSR count). The fourth-order valence-corrected chi connectivity index (χ4v) is 6.74. The second-order valence-corrected chi connectivity index (χ2v) is 18.1. The summed E-state index contributed by atoms with van der Waals surface area (Å²) < 4.78 is 44.9. The van der Waals surface area contributed by atoms with E-state index in [4.69, 9.17) is 4.43 Å². The van der Waals surface area contributed by atoms with E-state index < -0.39 is 33.0 Å². The molecular formula is C32H43F3N4O4Si. The molecular weight excluding hydrogens is 589 g/mol. The highest BCUT2D eigenvalue weighted by molar-refractivity contribution is 6.74. The van der Waals surface area contributed by atoms with Gasteiger partial charge in [0.15, 0.2) is 8.32 Å². The van der Waals surface area contributed by atoms with Crippen LogP contribution < -0.4 is 10.6 Å². The SMILES string of the molecule is CN(C(=O)Cc1ccc2c(c1)NC(=O)C2)[C@H](CN1CCC(O[Si](C)(C)C(C)(C)C)C1)c1cccc(C(=O)NCC(F)(F)F)c1. The number of likely N-dealkylation sites (tertiary alicyclic amines) is 1. The van der Waals surface area contributed by atoms with Gasteiger partial charge in [0, 0.05) is 37.9 Å². The number of nitrogens with zero attached hydrogens (tertiary/aromatic N) is 2. The van der Waals surface area contributed by atoms with Crippen molar-refractivity contribution in [1.82, 2.24) is 15.1 Å². The number of rotatable bonds is 10. The van der Waals surface area contributed by atoms with Gasteiger partial charge in [0.2, 0.25) is 11.8 Å². The quantitative estimate of drug-likeness (QED) is 0.347. The number of benzene rings is 2. The van der Waals surface area contributed by atoms with Crippen molar-refractivity contribution in [2.45, 2.75) is 76.5 Å². The Hall–Kier alpha value is -3.22. The van der Waals surface area contributed by atoms with Crippen molar-refractivity contribution in [3.05, 3.63) is 64.7 Å². The molecule has 0 aliphatic carbocycles. The van der Waals surface area contributed by atoms with Gasteiger partial charge in [-0.2, -0.15) is 13.2 Å². The summed E-state index contributed by atoms with van der Waals surface area (Å²) in [4.78, 5) is 41.9. The average molecular weight is 633 g/mol. The Morgan fingerprint density at radius 1 is 1.16 bits per heavy atom. The number of carbonyl (C=O) groups is 3. The van der Waals surface area contributed by atoms with Crippen LogP contribution in [0.25, 0.3) is 0 Å². The Bertz CT molecular complexity index is 1390. The van der Waals surface area contributed by atoms with Crippen molar-refractivity contribution >= 4 is 31.7 Å². The number of hydrogen-bond acceptors (Lipinski definition) is 5. The molecule has 2 aliphatic heterocycles. The highest BCUT2D eigenvalue weighted by Crippen LogP contribution is 2.38. The molecule has 2 aromatic carbocycles. The summed E-state index contributed by atoms with van der Waals surface area (Å²) in [7, 11) is -0.275. The molecule has 3 amide bonds. The number of amides is 3. The molecule has 1 unspecified atom stereocenters. The largest absolute Gasteiger partial charge is 0.413 e. The van der Waals surface area contributed by atoms with Crippen LogP contribution in [0.5, 0.6) is 0 Å². The number of fused-ring (bicyclic) bond motifs is 1. The molecule has 2 aromatic rings. The van der Waals surface area contributed by atoms with Crippen molar-refractivity contribution in [2.24, 2.45) is 0 Å². The molecule has 0 aromatic heterocycles. The maximum atomic E-state index is 13.7. The van der Waals surface area contributed by atoms with Crippen molar-refractivity contribution in [2.75, 3.05) is 38.5 Å². The fourth-order valence-electron chi connectivity index (χ4n) is 5.36. The topological polar surface area (TPSA) is 91.0 Å². The van der Waals surface area contributed by atoms with Crippen LogP contribution >= 0.6 is 0 Å². The molecule has 2 atom stereocenters. The summed E-state index contributed by atoms with van der Waals surface area (Å²) in [5, 5.41) is 4.82. The Morgan fingerprint density at radius 3 is 2.57 bits per heavy atom. The van der Waals surface area contributed by atoms with Gasteiger partial charge < -0.3 is 20.0 Å². The van der Waals surface area contributed by atoms with Crippen molar-refractivity contribution < 1.29 is 32.0 Å². The van der Waals surface area contributed by atoms with E-state index >= 15 is 0 Å². The third kappa shape index (κ3) is 8.48. The molecule has 1 saturated heterocycles. The number of alkyl halides is 3. The second-order valence-electron chi connectivity index (χ2n) is 13.4. The van der Waals surface area contributed by atoms with Crippen LogP contribution in [-0.2, 0) is 26.9 Å². The van der Waals surface area contributed by atoms with Gasteiger partial charge in [-0.25, -0.2) is 0 Å². The molecule has 0 spiro atoms. The van der Waals surface area contributed by atoms with Crippen LogP contribution in [0, 0.1) is 0 Å². The molecule has 0 saturated carbocycles. The Kier molecular flexibility index (Phi) is 9.96. The fraction of sp³-hybridized carbons (Fsp3) is 0.531. The second kappa shape index (κ2) is 13.0. The van der Waals surface area contributed by atoms with Crippen LogP contribution in [0.3, 0.4) is 0 Å². The molecule has 2 heterocycles. The molecule has 1 fully saturated rings. The van der Waals surface area contributed by atoms with E-state index in [-0.39, 0.29) is 34.9 Å². The van der Waals surface area contributed by atoms with E-state index in [9.17, 15) is 27.6 Å². The van der Waals surface area contributed by atoms with Gasteiger partial charge in [0.25, 0.3) is 5.91 Å². The van der Waals surface area contributed by atoms with Crippen LogP contribution in [0.1, 0.15) is 60.3 Å². The van der Waals surface area contributed by atoms with Crippen LogP contribution in [0.15, 0.2) is 42.5 Å². The Morgan fingerprint density at radius 2 is 1.89 bits per heavy atom. The standard InChI is InChI=1S/C32H43F3N4O4Si/c1-31(2,3)44(5,6)43-25-12-13-39(18-25)19-27(23-8-7-9-24(16-23)30(42)36-20-32(33,34)35)38(4)29(41)15-21-10-11-22-17-28(40)37-26(22)14-21/h7-11,14,16,25,27H,12-13,15,17-20H2,1-6H3,(H,36,42)(H,37,40)/t25?,27-/m1/s1. The van der Waals surface area contributed by atoms with Gasteiger partial charge in [0.1, 0.15) is 6.54 Å². The lowest BCUT2D eigenvalue weighted by molar-refractivity contribution is -0.131. The summed E-state index contributed by atoms with van der Waals surface area (Å²) in [5.41, 5.74) is 3.09. The van der Waals surface area contributed by atoms with Crippen LogP contribution in [0.2, 0.25) is 18.1 Å². The summed E-state index contributed by atoms with van der Waals surface area (Å²) in [6.07, 6.45) is -3.19. The Balaban J connectivity index is 1.54. The molecule has 2 aliphatic rings. The number of hydrogen-bond donors (Lipinski definition) is 2. The molecule has 240 valence electrons. The van der Waals surface area contributed by atoms with Crippen LogP contribution in [0.4, 0.5) is 18.9 Å². The molecule has 0 bridgehead atoms. The number of nitrogens with one attached hydrogen (secondary N) is 2. The van der Waals surface area contributed by atoms with Crippen molar-refractivity contribution in [3.63, 3.8) is 0 Å². The zero-order valence-corrected chi connectivity index (χ0v) is 27.3. The van der Waals surface area contributed by atoms with E-state index in [0.717, 1.165) is 24.1 Å². The maximum Gasteiger partial charge on any atom is 0.405 e. The lowest BCUT2D eigenvalue weighted by Crippen LogP contribution is -2.45. The van der Waals surface area contributed by atoms with Gasteiger partial charge in [-0.15, -0.1) is 0 Å². The van der Waals surface area contributed by atoms with E-state index in [1.54, 1.807) is 30.1 Å².